The third kappa shape index (κ3) is 4.20. The van der Waals surface area contributed by atoms with Crippen molar-refractivity contribution >= 4 is 15.9 Å². The Hall–Kier alpha value is -0.450. The average molecular weight is 290 g/mol. The summed E-state index contributed by atoms with van der Waals surface area (Å²) in [5.41, 5.74) is 0.641. The Labute approximate surface area is 104 Å². The Bertz CT molecular complexity index is 329. The molecule has 0 saturated carbocycles. The normalized spacial score (nSPS) is 12.8. The van der Waals surface area contributed by atoms with Crippen molar-refractivity contribution in [3.8, 4) is 0 Å². The van der Waals surface area contributed by atoms with Crippen molar-refractivity contribution in [2.45, 2.75) is 19.9 Å². The minimum Gasteiger partial charge on any atom is -0.396 e. The minimum atomic E-state index is -0.201. The zero-order chi connectivity index (χ0) is 12.0. The molecule has 1 atom stereocenters. The van der Waals surface area contributed by atoms with Gasteiger partial charge in [-0.1, -0.05) is 22.9 Å². The van der Waals surface area contributed by atoms with Gasteiger partial charge in [-0.15, -0.1) is 0 Å². The smallest absolute Gasteiger partial charge is 0.127 e. The molecular formula is C12H17BrFNO. The molecule has 0 aliphatic carbocycles. The van der Waals surface area contributed by atoms with Crippen LogP contribution in [0.1, 0.15) is 18.9 Å². The lowest BCUT2D eigenvalue weighted by atomic mass is 10.1. The Morgan fingerprint density at radius 2 is 2.25 bits per heavy atom. The molecule has 90 valence electrons. The highest BCUT2D eigenvalue weighted by Gasteiger charge is 2.06. The number of aliphatic hydroxyl groups is 1. The fraction of sp³-hybridized carbons (Fsp3) is 0.500. The quantitative estimate of drug-likeness (QED) is 0.844. The van der Waals surface area contributed by atoms with E-state index in [4.69, 9.17) is 5.11 Å². The summed E-state index contributed by atoms with van der Waals surface area (Å²) in [6.07, 6.45) is 0.921. The molecule has 1 rings (SSSR count). The Kier molecular flexibility index (Phi) is 5.95. The number of rotatable bonds is 6. The van der Waals surface area contributed by atoms with Crippen LogP contribution in [0.4, 0.5) is 4.39 Å². The first-order valence-corrected chi connectivity index (χ1v) is 6.22. The van der Waals surface area contributed by atoms with Gasteiger partial charge in [-0.2, -0.15) is 0 Å². The zero-order valence-electron chi connectivity index (χ0n) is 9.34. The maximum absolute atomic E-state index is 13.3. The predicted molar refractivity (Wildman–Crippen MR) is 66.7 cm³/mol. The molecule has 0 aliphatic heterocycles. The van der Waals surface area contributed by atoms with Crippen molar-refractivity contribution in [2.24, 2.45) is 5.92 Å². The monoisotopic (exact) mass is 289 g/mol. The predicted octanol–water partition coefficient (Wildman–Crippen LogP) is 2.70. The number of nitrogens with one attached hydrogen (secondary N) is 1. The lowest BCUT2D eigenvalue weighted by Gasteiger charge is -2.13. The largest absolute Gasteiger partial charge is 0.396 e. The molecular weight excluding hydrogens is 273 g/mol. The number of benzene rings is 1. The highest BCUT2D eigenvalue weighted by molar-refractivity contribution is 9.10. The molecule has 0 bridgehead atoms. The van der Waals surface area contributed by atoms with Crippen LogP contribution in [-0.4, -0.2) is 18.3 Å². The van der Waals surface area contributed by atoms with Crippen molar-refractivity contribution in [1.29, 1.82) is 0 Å². The summed E-state index contributed by atoms with van der Waals surface area (Å²) in [6.45, 7) is 3.40. The van der Waals surface area contributed by atoms with Gasteiger partial charge in [-0.3, -0.25) is 0 Å². The molecule has 0 aliphatic rings. The van der Waals surface area contributed by atoms with Crippen LogP contribution in [0.5, 0.6) is 0 Å². The second-order valence-corrected chi connectivity index (χ2v) is 4.74. The standard InChI is InChI=1S/C12H17BrFNO/c1-2-9(8-16)6-15-7-10-5-11(13)3-4-12(10)14/h3-5,9,15-16H,2,6-8H2,1H3. The van der Waals surface area contributed by atoms with Crippen molar-refractivity contribution in [3.63, 3.8) is 0 Å². The third-order valence-corrected chi connectivity index (χ3v) is 3.09. The van der Waals surface area contributed by atoms with Gasteiger partial charge in [0.15, 0.2) is 0 Å². The van der Waals surface area contributed by atoms with Crippen molar-refractivity contribution in [3.05, 3.63) is 34.1 Å². The fourth-order valence-electron chi connectivity index (χ4n) is 1.43. The third-order valence-electron chi connectivity index (χ3n) is 2.59. The highest BCUT2D eigenvalue weighted by atomic mass is 79.9. The molecule has 16 heavy (non-hydrogen) atoms. The summed E-state index contributed by atoms with van der Waals surface area (Å²) in [5, 5.41) is 12.2. The van der Waals surface area contributed by atoms with Gasteiger partial charge < -0.3 is 10.4 Å². The maximum Gasteiger partial charge on any atom is 0.127 e. The van der Waals surface area contributed by atoms with Gasteiger partial charge in [0.05, 0.1) is 0 Å². The number of hydrogen-bond acceptors (Lipinski definition) is 2. The average Bonchev–Trinajstić information content (AvgIpc) is 2.29. The molecule has 2 nitrogen and oxygen atoms in total. The van der Waals surface area contributed by atoms with Crippen LogP contribution >= 0.6 is 15.9 Å². The van der Waals surface area contributed by atoms with Gasteiger partial charge in [0.1, 0.15) is 5.82 Å². The molecule has 0 spiro atoms. The van der Waals surface area contributed by atoms with Crippen molar-refractivity contribution in [2.75, 3.05) is 13.2 Å². The fourth-order valence-corrected chi connectivity index (χ4v) is 1.84. The first-order valence-electron chi connectivity index (χ1n) is 5.42. The van der Waals surface area contributed by atoms with E-state index in [0.29, 0.717) is 18.7 Å². The van der Waals surface area contributed by atoms with Gasteiger partial charge in [0.25, 0.3) is 0 Å². The lowest BCUT2D eigenvalue weighted by molar-refractivity contribution is 0.218. The molecule has 0 aromatic heterocycles. The van der Waals surface area contributed by atoms with Gasteiger partial charge in [-0.25, -0.2) is 4.39 Å². The van der Waals surface area contributed by atoms with E-state index < -0.39 is 0 Å². The molecule has 0 amide bonds. The van der Waals surface area contributed by atoms with E-state index in [1.807, 2.05) is 6.92 Å². The van der Waals surface area contributed by atoms with E-state index in [1.165, 1.54) is 6.07 Å². The highest BCUT2D eigenvalue weighted by Crippen LogP contribution is 2.15. The lowest BCUT2D eigenvalue weighted by Crippen LogP contribution is -2.24. The van der Waals surface area contributed by atoms with Crippen LogP contribution in [0.2, 0.25) is 0 Å². The topological polar surface area (TPSA) is 32.3 Å². The van der Waals surface area contributed by atoms with E-state index in [0.717, 1.165) is 10.9 Å². The zero-order valence-corrected chi connectivity index (χ0v) is 10.9. The Morgan fingerprint density at radius 1 is 1.50 bits per heavy atom. The van der Waals surface area contributed by atoms with E-state index in [1.54, 1.807) is 12.1 Å². The van der Waals surface area contributed by atoms with Gasteiger partial charge in [0.2, 0.25) is 0 Å². The van der Waals surface area contributed by atoms with Gasteiger partial charge in [-0.05, 0) is 30.5 Å². The number of aliphatic hydroxyl groups excluding tert-OH is 1. The first-order chi connectivity index (χ1) is 7.67. The molecule has 2 N–H and O–H groups in total. The molecule has 1 aromatic carbocycles. The summed E-state index contributed by atoms with van der Waals surface area (Å²) < 4.78 is 14.2. The second kappa shape index (κ2) is 6.99. The van der Waals surface area contributed by atoms with E-state index in [9.17, 15) is 4.39 Å². The van der Waals surface area contributed by atoms with Crippen molar-refractivity contribution in [1.82, 2.24) is 5.32 Å². The van der Waals surface area contributed by atoms with Crippen LogP contribution in [0.25, 0.3) is 0 Å². The Morgan fingerprint density at radius 3 is 2.88 bits per heavy atom. The second-order valence-electron chi connectivity index (χ2n) is 3.82. The molecule has 0 fully saturated rings. The van der Waals surface area contributed by atoms with Crippen LogP contribution in [-0.2, 0) is 6.54 Å². The van der Waals surface area contributed by atoms with Crippen molar-refractivity contribution < 1.29 is 9.50 Å². The van der Waals surface area contributed by atoms with Gasteiger partial charge in [0, 0.05) is 29.7 Å². The van der Waals surface area contributed by atoms with E-state index >= 15 is 0 Å². The SMILES string of the molecule is CCC(CO)CNCc1cc(Br)ccc1F. The molecule has 1 aromatic rings. The number of hydrogen-bond donors (Lipinski definition) is 2. The Balaban J connectivity index is 2.45. The molecule has 0 radical (unpaired) electrons. The summed E-state index contributed by atoms with van der Waals surface area (Å²) in [6, 6.07) is 4.90. The molecule has 1 unspecified atom stereocenters. The maximum atomic E-state index is 13.3. The van der Waals surface area contributed by atoms with Crippen LogP contribution in [0.15, 0.2) is 22.7 Å². The summed E-state index contributed by atoms with van der Waals surface area (Å²) in [5.74, 6) is 0.0444. The van der Waals surface area contributed by atoms with Crippen LogP contribution in [0.3, 0.4) is 0 Å². The molecule has 4 heteroatoms. The first kappa shape index (κ1) is 13.6. The summed E-state index contributed by atoms with van der Waals surface area (Å²) in [4.78, 5) is 0. The number of halogens is 2. The van der Waals surface area contributed by atoms with Crippen LogP contribution < -0.4 is 5.32 Å². The van der Waals surface area contributed by atoms with Crippen LogP contribution in [0, 0.1) is 11.7 Å². The minimum absolute atomic E-state index is 0.171. The molecule has 0 saturated heterocycles. The summed E-state index contributed by atoms with van der Waals surface area (Å²) in [7, 11) is 0. The van der Waals surface area contributed by atoms with E-state index in [-0.39, 0.29) is 18.3 Å². The van der Waals surface area contributed by atoms with Gasteiger partial charge >= 0.3 is 0 Å². The summed E-state index contributed by atoms with van der Waals surface area (Å²) >= 11 is 3.31. The molecule has 0 heterocycles. The van der Waals surface area contributed by atoms with E-state index in [2.05, 4.69) is 21.2 Å².